The van der Waals surface area contributed by atoms with Gasteiger partial charge in [0.2, 0.25) is 11.7 Å². The Hall–Kier alpha value is -2.96. The maximum absolute atomic E-state index is 11.0. The minimum Gasteiger partial charge on any atom is -0.493 e. The van der Waals surface area contributed by atoms with E-state index < -0.39 is 0 Å². The number of allylic oxidation sites excluding steroid dienone is 1. The molecule has 0 fully saturated rings. The number of ether oxygens (including phenoxy) is 2. The fraction of sp³-hybridized carbons (Fsp3) is 0.200. The summed E-state index contributed by atoms with van der Waals surface area (Å²) in [6, 6.07) is 5.34. The molecule has 0 saturated heterocycles. The van der Waals surface area contributed by atoms with Crippen molar-refractivity contribution in [3.63, 3.8) is 0 Å². The number of dihydropyridines is 1. The zero-order valence-corrected chi connectivity index (χ0v) is 12.0. The van der Waals surface area contributed by atoms with Crippen LogP contribution in [0.4, 0.5) is 0 Å². The highest BCUT2D eigenvalue weighted by atomic mass is 16.5. The van der Waals surface area contributed by atoms with Crippen LogP contribution in [0.5, 0.6) is 11.5 Å². The van der Waals surface area contributed by atoms with E-state index in [2.05, 4.69) is 15.1 Å². The Morgan fingerprint density at radius 1 is 1.18 bits per heavy atom. The topological polar surface area (TPSA) is 86.8 Å². The van der Waals surface area contributed by atoms with Gasteiger partial charge in [0.05, 0.1) is 20.1 Å². The second-order valence-corrected chi connectivity index (χ2v) is 4.53. The van der Waals surface area contributed by atoms with Gasteiger partial charge in [0, 0.05) is 17.9 Å². The number of aromatic nitrogens is 2. The third-order valence-electron chi connectivity index (χ3n) is 3.18. The van der Waals surface area contributed by atoms with Crippen molar-refractivity contribution in [3.05, 3.63) is 36.2 Å². The van der Waals surface area contributed by atoms with Crippen LogP contribution < -0.4 is 9.47 Å². The lowest BCUT2D eigenvalue weighted by molar-refractivity contribution is -0.113. The number of benzene rings is 1. The van der Waals surface area contributed by atoms with Gasteiger partial charge in [0.1, 0.15) is 0 Å². The molecule has 1 aliphatic heterocycles. The molecule has 2 heterocycles. The molecule has 1 amide bonds. The van der Waals surface area contributed by atoms with Crippen molar-refractivity contribution in [2.75, 3.05) is 14.2 Å². The van der Waals surface area contributed by atoms with Gasteiger partial charge in [0.25, 0.3) is 5.91 Å². The van der Waals surface area contributed by atoms with E-state index in [9.17, 15) is 4.79 Å². The van der Waals surface area contributed by atoms with Gasteiger partial charge in [-0.15, -0.1) is 0 Å². The average molecular weight is 299 g/mol. The number of aliphatic imine (C=N–C) groups is 1. The number of rotatable bonds is 4. The molecule has 1 atom stereocenters. The number of methoxy groups -OCH3 is 2. The number of amides is 1. The van der Waals surface area contributed by atoms with E-state index in [1.54, 1.807) is 32.4 Å². The summed E-state index contributed by atoms with van der Waals surface area (Å²) < 4.78 is 15.7. The zero-order chi connectivity index (χ0) is 15.5. The van der Waals surface area contributed by atoms with Crippen molar-refractivity contribution >= 4 is 12.1 Å². The molecule has 7 heteroatoms. The van der Waals surface area contributed by atoms with Crippen LogP contribution in [0.25, 0.3) is 11.4 Å². The van der Waals surface area contributed by atoms with Crippen LogP contribution in [0.2, 0.25) is 0 Å². The number of hydrogen-bond acceptors (Lipinski definition) is 6. The highest BCUT2D eigenvalue weighted by molar-refractivity contribution is 5.98. The molecule has 2 aromatic rings. The Morgan fingerprint density at radius 3 is 2.68 bits per heavy atom. The summed E-state index contributed by atoms with van der Waals surface area (Å²) >= 11 is 0. The molecule has 7 nitrogen and oxygen atoms in total. The predicted molar refractivity (Wildman–Crippen MR) is 78.2 cm³/mol. The normalized spacial score (nSPS) is 16.8. The summed E-state index contributed by atoms with van der Waals surface area (Å²) in [5.74, 6) is 1.41. The lowest BCUT2D eigenvalue weighted by atomic mass is 10.1. The SMILES string of the molecule is COc1ccc(-c2noc(C3C=CC(=O)N=C3)n2)cc1OC. The molecule has 112 valence electrons. The first kappa shape index (κ1) is 14.0. The van der Waals surface area contributed by atoms with E-state index in [1.165, 1.54) is 12.3 Å². The zero-order valence-electron chi connectivity index (χ0n) is 12.0. The second-order valence-electron chi connectivity index (χ2n) is 4.53. The number of nitrogens with zero attached hydrogens (tertiary/aromatic N) is 3. The quantitative estimate of drug-likeness (QED) is 0.858. The molecule has 1 aliphatic rings. The van der Waals surface area contributed by atoms with Crippen molar-refractivity contribution in [3.8, 4) is 22.9 Å². The van der Waals surface area contributed by atoms with E-state index in [0.29, 0.717) is 23.2 Å². The van der Waals surface area contributed by atoms with Gasteiger partial charge in [-0.2, -0.15) is 4.98 Å². The molecule has 0 N–H and O–H groups in total. The third kappa shape index (κ3) is 2.60. The molecule has 0 radical (unpaired) electrons. The van der Waals surface area contributed by atoms with Gasteiger partial charge in [-0.25, -0.2) is 4.99 Å². The minimum absolute atomic E-state index is 0.293. The van der Waals surface area contributed by atoms with Crippen molar-refractivity contribution < 1.29 is 18.8 Å². The lowest BCUT2D eigenvalue weighted by Crippen LogP contribution is -2.04. The van der Waals surface area contributed by atoms with Crippen LogP contribution in [-0.4, -0.2) is 36.5 Å². The van der Waals surface area contributed by atoms with Crippen molar-refractivity contribution in [1.82, 2.24) is 10.1 Å². The van der Waals surface area contributed by atoms with Gasteiger partial charge in [-0.3, -0.25) is 4.79 Å². The summed E-state index contributed by atoms with van der Waals surface area (Å²) in [6.45, 7) is 0. The van der Waals surface area contributed by atoms with Crippen LogP contribution in [0, 0.1) is 0 Å². The molecule has 1 aromatic heterocycles. The molecular formula is C15H13N3O4. The van der Waals surface area contributed by atoms with Crippen LogP contribution >= 0.6 is 0 Å². The van der Waals surface area contributed by atoms with E-state index in [-0.39, 0.29) is 11.8 Å². The molecule has 0 aliphatic carbocycles. The highest BCUT2D eigenvalue weighted by Crippen LogP contribution is 2.31. The first-order valence-corrected chi connectivity index (χ1v) is 6.53. The average Bonchev–Trinajstić information content (AvgIpc) is 3.05. The van der Waals surface area contributed by atoms with E-state index >= 15 is 0 Å². The maximum Gasteiger partial charge on any atom is 0.269 e. The van der Waals surface area contributed by atoms with E-state index in [0.717, 1.165) is 5.56 Å². The van der Waals surface area contributed by atoms with Gasteiger partial charge >= 0.3 is 0 Å². The van der Waals surface area contributed by atoms with Gasteiger partial charge in [0.15, 0.2) is 11.5 Å². The number of hydrogen-bond donors (Lipinski definition) is 0. The smallest absolute Gasteiger partial charge is 0.269 e. The molecule has 0 spiro atoms. The standard InChI is InChI=1S/C15H13N3O4/c1-20-11-5-3-9(7-12(11)21-2)14-17-15(22-18-14)10-4-6-13(19)16-8-10/h3-8,10H,1-2H3. The molecule has 0 saturated carbocycles. The lowest BCUT2D eigenvalue weighted by Gasteiger charge is -2.07. The van der Waals surface area contributed by atoms with Crippen LogP contribution in [0.1, 0.15) is 11.8 Å². The summed E-state index contributed by atoms with van der Waals surface area (Å²) in [5.41, 5.74) is 0.737. The Kier molecular flexibility index (Phi) is 3.69. The molecule has 1 aromatic carbocycles. The van der Waals surface area contributed by atoms with Crippen molar-refractivity contribution in [2.45, 2.75) is 5.92 Å². The number of carbonyl (C=O) groups excluding carboxylic acids is 1. The second kappa shape index (κ2) is 5.80. The van der Waals surface area contributed by atoms with Crippen LogP contribution in [0.15, 0.2) is 39.9 Å². The van der Waals surface area contributed by atoms with Gasteiger partial charge < -0.3 is 14.0 Å². The Balaban J connectivity index is 1.89. The predicted octanol–water partition coefficient (Wildman–Crippen LogP) is 2.00. The Labute approximate surface area is 126 Å². The summed E-state index contributed by atoms with van der Waals surface area (Å²) in [4.78, 5) is 19.1. The van der Waals surface area contributed by atoms with Gasteiger partial charge in [-0.05, 0) is 18.2 Å². The Morgan fingerprint density at radius 2 is 2.00 bits per heavy atom. The fourth-order valence-electron chi connectivity index (χ4n) is 2.04. The van der Waals surface area contributed by atoms with Crippen molar-refractivity contribution in [1.29, 1.82) is 0 Å². The molecule has 0 bridgehead atoms. The Bertz CT molecular complexity index is 748. The number of carbonyl (C=O) groups is 1. The monoisotopic (exact) mass is 299 g/mol. The summed E-state index contributed by atoms with van der Waals surface area (Å²) in [6.07, 6.45) is 4.53. The molecule has 22 heavy (non-hydrogen) atoms. The van der Waals surface area contributed by atoms with Crippen LogP contribution in [0.3, 0.4) is 0 Å². The molecule has 1 unspecified atom stereocenters. The third-order valence-corrected chi connectivity index (χ3v) is 3.18. The largest absolute Gasteiger partial charge is 0.493 e. The highest BCUT2D eigenvalue weighted by Gasteiger charge is 2.19. The fourth-order valence-corrected chi connectivity index (χ4v) is 2.04. The van der Waals surface area contributed by atoms with Gasteiger partial charge in [-0.1, -0.05) is 11.2 Å². The molecular weight excluding hydrogens is 286 g/mol. The maximum atomic E-state index is 11.0. The summed E-state index contributed by atoms with van der Waals surface area (Å²) in [5, 5.41) is 3.95. The first-order valence-electron chi connectivity index (χ1n) is 6.53. The van der Waals surface area contributed by atoms with E-state index in [1.807, 2.05) is 6.07 Å². The van der Waals surface area contributed by atoms with Crippen LogP contribution in [-0.2, 0) is 4.79 Å². The van der Waals surface area contributed by atoms with E-state index in [4.69, 9.17) is 14.0 Å². The molecule has 3 rings (SSSR count). The first-order chi connectivity index (χ1) is 10.7. The minimum atomic E-state index is -0.295. The van der Waals surface area contributed by atoms with Crippen molar-refractivity contribution in [2.24, 2.45) is 4.99 Å². The summed E-state index contributed by atoms with van der Waals surface area (Å²) in [7, 11) is 3.13.